The van der Waals surface area contributed by atoms with E-state index in [1.54, 1.807) is 47.4 Å². The van der Waals surface area contributed by atoms with Crippen LogP contribution in [0.15, 0.2) is 77.7 Å². The molecule has 3 aromatic carbocycles. The van der Waals surface area contributed by atoms with Crippen molar-refractivity contribution in [3.05, 3.63) is 98.9 Å². The molecule has 9 heteroatoms. The zero-order valence-corrected chi connectivity index (χ0v) is 20.8. The minimum absolute atomic E-state index is 0.135. The van der Waals surface area contributed by atoms with Crippen LogP contribution in [0, 0.1) is 0 Å². The van der Waals surface area contributed by atoms with Crippen molar-refractivity contribution in [1.29, 1.82) is 0 Å². The van der Waals surface area contributed by atoms with Gasteiger partial charge in [0.2, 0.25) is 0 Å². The quantitative estimate of drug-likeness (QED) is 0.283. The lowest BCUT2D eigenvalue weighted by Gasteiger charge is -2.14. The predicted molar refractivity (Wildman–Crippen MR) is 142 cm³/mol. The van der Waals surface area contributed by atoms with E-state index >= 15 is 0 Å². The van der Waals surface area contributed by atoms with Gasteiger partial charge in [-0.1, -0.05) is 89.6 Å². The Hall–Kier alpha value is -2.84. The number of anilines is 1. The summed E-state index contributed by atoms with van der Waals surface area (Å²) in [7, 11) is 0. The molecule has 4 rings (SSSR count). The van der Waals surface area contributed by atoms with E-state index < -0.39 is 0 Å². The molecule has 0 radical (unpaired) electrons. The zero-order chi connectivity index (χ0) is 24.1. The molecule has 1 aliphatic rings. The van der Waals surface area contributed by atoms with E-state index in [-0.39, 0.29) is 18.4 Å². The van der Waals surface area contributed by atoms with Crippen molar-refractivity contribution in [2.24, 2.45) is 0 Å². The van der Waals surface area contributed by atoms with Crippen molar-refractivity contribution < 1.29 is 14.3 Å². The van der Waals surface area contributed by atoms with Gasteiger partial charge in [0, 0.05) is 5.02 Å². The van der Waals surface area contributed by atoms with Crippen LogP contribution in [-0.2, 0) is 16.1 Å². The summed E-state index contributed by atoms with van der Waals surface area (Å²) in [5, 5.41) is 3.50. The summed E-state index contributed by atoms with van der Waals surface area (Å²) in [6.45, 7) is 0.223. The number of amides is 2. The van der Waals surface area contributed by atoms with E-state index in [2.05, 4.69) is 5.32 Å². The second-order valence-electron chi connectivity index (χ2n) is 7.29. The number of carbonyl (C=O) groups excluding carboxylic acids is 2. The summed E-state index contributed by atoms with van der Waals surface area (Å²) in [5.41, 5.74) is 2.22. The highest BCUT2D eigenvalue weighted by molar-refractivity contribution is 8.26. The molecule has 0 saturated carbocycles. The molecule has 0 aliphatic carbocycles. The SMILES string of the molecule is O=C(COc1cccc(/C=C2\SC(=S)N(Cc3ccccc3)C2=O)c1)Nc1ccc(Cl)cc1Cl. The van der Waals surface area contributed by atoms with Crippen LogP contribution >= 0.6 is 47.2 Å². The lowest BCUT2D eigenvalue weighted by atomic mass is 10.2. The van der Waals surface area contributed by atoms with Crippen molar-refractivity contribution in [3.63, 3.8) is 0 Å². The van der Waals surface area contributed by atoms with E-state index in [4.69, 9.17) is 40.2 Å². The van der Waals surface area contributed by atoms with Gasteiger partial charge in [-0.3, -0.25) is 14.5 Å². The number of thioether (sulfide) groups is 1. The largest absolute Gasteiger partial charge is 0.484 e. The van der Waals surface area contributed by atoms with E-state index in [0.717, 1.165) is 11.1 Å². The Labute approximate surface area is 216 Å². The summed E-state index contributed by atoms with van der Waals surface area (Å²) in [4.78, 5) is 27.3. The minimum atomic E-state index is -0.364. The van der Waals surface area contributed by atoms with Gasteiger partial charge >= 0.3 is 0 Å². The van der Waals surface area contributed by atoms with Crippen LogP contribution in [0.1, 0.15) is 11.1 Å². The van der Waals surface area contributed by atoms with E-state index in [0.29, 0.717) is 37.3 Å². The van der Waals surface area contributed by atoms with Gasteiger partial charge in [-0.05, 0) is 47.5 Å². The van der Waals surface area contributed by atoms with Crippen LogP contribution in [0.2, 0.25) is 10.0 Å². The van der Waals surface area contributed by atoms with Gasteiger partial charge in [-0.25, -0.2) is 0 Å². The molecule has 3 aromatic rings. The first-order valence-corrected chi connectivity index (χ1v) is 12.1. The third-order valence-corrected chi connectivity index (χ3v) is 6.71. The number of benzene rings is 3. The number of carbonyl (C=O) groups is 2. The van der Waals surface area contributed by atoms with Gasteiger partial charge < -0.3 is 10.1 Å². The highest BCUT2D eigenvalue weighted by Gasteiger charge is 2.31. The summed E-state index contributed by atoms with van der Waals surface area (Å²) in [6, 6.07) is 21.6. The van der Waals surface area contributed by atoms with Gasteiger partial charge in [-0.15, -0.1) is 0 Å². The van der Waals surface area contributed by atoms with Gasteiger partial charge in [-0.2, -0.15) is 0 Å². The summed E-state index contributed by atoms with van der Waals surface area (Å²) >= 11 is 18.6. The second kappa shape index (κ2) is 11.1. The maximum atomic E-state index is 12.9. The smallest absolute Gasteiger partial charge is 0.266 e. The minimum Gasteiger partial charge on any atom is -0.484 e. The van der Waals surface area contributed by atoms with Crippen LogP contribution in [-0.4, -0.2) is 27.6 Å². The highest BCUT2D eigenvalue weighted by atomic mass is 35.5. The van der Waals surface area contributed by atoms with Crippen LogP contribution in [0.3, 0.4) is 0 Å². The summed E-state index contributed by atoms with van der Waals surface area (Å²) in [5.74, 6) is -0.00771. The molecule has 5 nitrogen and oxygen atoms in total. The Morgan fingerprint density at radius 2 is 1.85 bits per heavy atom. The molecule has 1 N–H and O–H groups in total. The van der Waals surface area contributed by atoms with Gasteiger partial charge in [0.25, 0.3) is 11.8 Å². The molecule has 1 heterocycles. The zero-order valence-electron chi connectivity index (χ0n) is 17.7. The molecular formula is C25H18Cl2N2O3S2. The van der Waals surface area contributed by atoms with Crippen LogP contribution in [0.25, 0.3) is 6.08 Å². The first-order chi connectivity index (χ1) is 16.4. The van der Waals surface area contributed by atoms with Crippen LogP contribution in [0.5, 0.6) is 5.75 Å². The average molecular weight is 529 g/mol. The fraction of sp³-hybridized carbons (Fsp3) is 0.0800. The Bertz CT molecular complexity index is 1280. The summed E-state index contributed by atoms with van der Waals surface area (Å²) < 4.78 is 6.14. The molecule has 1 fully saturated rings. The van der Waals surface area contributed by atoms with Gasteiger partial charge in [0.05, 0.1) is 22.2 Å². The third kappa shape index (κ3) is 6.18. The third-order valence-electron chi connectivity index (χ3n) is 4.79. The molecule has 0 aromatic heterocycles. The van der Waals surface area contributed by atoms with Crippen molar-refractivity contribution in [1.82, 2.24) is 4.90 Å². The molecule has 34 heavy (non-hydrogen) atoms. The van der Waals surface area contributed by atoms with Gasteiger partial charge in [0.15, 0.2) is 6.61 Å². The second-order valence-corrected chi connectivity index (χ2v) is 9.81. The number of halogens is 2. The maximum absolute atomic E-state index is 12.9. The monoisotopic (exact) mass is 528 g/mol. The maximum Gasteiger partial charge on any atom is 0.266 e. The number of hydrogen-bond acceptors (Lipinski definition) is 5. The molecule has 0 atom stereocenters. The molecule has 2 amide bonds. The first kappa shape index (κ1) is 24.3. The predicted octanol–water partition coefficient (Wildman–Crippen LogP) is 6.41. The van der Waals surface area contributed by atoms with Crippen molar-refractivity contribution >= 4 is 75.1 Å². The first-order valence-electron chi connectivity index (χ1n) is 10.2. The van der Waals surface area contributed by atoms with E-state index in [1.807, 2.05) is 36.4 Å². The molecule has 0 spiro atoms. The number of ether oxygens (including phenoxy) is 1. The average Bonchev–Trinajstić information content (AvgIpc) is 3.08. The Morgan fingerprint density at radius 1 is 1.06 bits per heavy atom. The molecule has 0 unspecified atom stereocenters. The lowest BCUT2D eigenvalue weighted by Crippen LogP contribution is -2.27. The molecule has 1 aliphatic heterocycles. The lowest BCUT2D eigenvalue weighted by molar-refractivity contribution is -0.122. The van der Waals surface area contributed by atoms with Crippen molar-refractivity contribution in [2.75, 3.05) is 11.9 Å². The Balaban J connectivity index is 1.38. The van der Waals surface area contributed by atoms with Crippen LogP contribution < -0.4 is 10.1 Å². The Morgan fingerprint density at radius 3 is 2.62 bits per heavy atom. The normalized spacial score (nSPS) is 14.5. The van der Waals surface area contributed by atoms with Crippen molar-refractivity contribution in [2.45, 2.75) is 6.54 Å². The fourth-order valence-electron chi connectivity index (χ4n) is 3.17. The fourth-order valence-corrected chi connectivity index (χ4v) is 4.88. The molecule has 172 valence electrons. The number of nitrogens with zero attached hydrogens (tertiary/aromatic N) is 1. The molecular weight excluding hydrogens is 511 g/mol. The highest BCUT2D eigenvalue weighted by Crippen LogP contribution is 2.34. The number of rotatable bonds is 7. The number of nitrogens with one attached hydrogen (secondary N) is 1. The van der Waals surface area contributed by atoms with E-state index in [1.165, 1.54) is 11.8 Å². The molecule has 0 bridgehead atoms. The standard InChI is InChI=1S/C25H18Cl2N2O3S2/c26-18-9-10-21(20(27)13-18)28-23(30)15-32-19-8-4-7-17(11-19)12-22-24(31)29(25(33)34-22)14-16-5-2-1-3-6-16/h1-13H,14-15H2,(H,28,30)/b22-12-. The Kier molecular flexibility index (Phi) is 7.90. The molecule has 1 saturated heterocycles. The number of hydrogen-bond donors (Lipinski definition) is 1. The van der Waals surface area contributed by atoms with Gasteiger partial charge in [0.1, 0.15) is 10.1 Å². The summed E-state index contributed by atoms with van der Waals surface area (Å²) in [6.07, 6.45) is 1.77. The van der Waals surface area contributed by atoms with Crippen molar-refractivity contribution in [3.8, 4) is 5.75 Å². The number of thiocarbonyl (C=S) groups is 1. The van der Waals surface area contributed by atoms with Crippen LogP contribution in [0.4, 0.5) is 5.69 Å². The topological polar surface area (TPSA) is 58.6 Å². The van der Waals surface area contributed by atoms with E-state index in [9.17, 15) is 9.59 Å².